The molecule has 0 bridgehead atoms. The first-order valence-corrected chi connectivity index (χ1v) is 6.86. The van der Waals surface area contributed by atoms with Crippen molar-refractivity contribution in [1.29, 1.82) is 0 Å². The van der Waals surface area contributed by atoms with E-state index in [1.165, 1.54) is 20.0 Å². The van der Waals surface area contributed by atoms with Gasteiger partial charge in [0, 0.05) is 18.3 Å². The number of hydrogen-bond donors (Lipinski definition) is 1. The third-order valence-electron chi connectivity index (χ3n) is 2.82. The summed E-state index contributed by atoms with van der Waals surface area (Å²) < 4.78 is 4.60. The van der Waals surface area contributed by atoms with Crippen molar-refractivity contribution in [2.45, 2.75) is 32.2 Å². The Bertz CT molecular complexity index is 374. The van der Waals surface area contributed by atoms with Crippen molar-refractivity contribution in [3.8, 4) is 0 Å². The van der Waals surface area contributed by atoms with Crippen LogP contribution in [0.4, 0.5) is 0 Å². The predicted molar refractivity (Wildman–Crippen MR) is 66.9 cm³/mol. The van der Waals surface area contributed by atoms with Crippen molar-refractivity contribution in [3.05, 3.63) is 16.1 Å². The van der Waals surface area contributed by atoms with Crippen molar-refractivity contribution in [1.82, 2.24) is 10.3 Å². The van der Waals surface area contributed by atoms with E-state index >= 15 is 0 Å². The second-order valence-corrected chi connectivity index (χ2v) is 5.33. The van der Waals surface area contributed by atoms with Crippen molar-refractivity contribution < 1.29 is 9.53 Å². The first-order valence-electron chi connectivity index (χ1n) is 5.98. The third kappa shape index (κ3) is 4.44. The number of nitrogens with one attached hydrogen (secondary N) is 1. The fourth-order valence-corrected chi connectivity index (χ4v) is 2.38. The Balaban J connectivity index is 1.68. The molecule has 0 amide bonds. The minimum Gasteiger partial charge on any atom is -0.469 e. The van der Waals surface area contributed by atoms with Crippen LogP contribution in [0.15, 0.2) is 5.38 Å². The molecule has 0 aliphatic heterocycles. The molecule has 94 valence electrons. The smallest absolute Gasteiger partial charge is 0.305 e. The highest BCUT2D eigenvalue weighted by molar-refractivity contribution is 7.09. The van der Waals surface area contributed by atoms with E-state index in [4.69, 9.17) is 0 Å². The minimum absolute atomic E-state index is 0.175. The zero-order valence-corrected chi connectivity index (χ0v) is 10.9. The molecule has 1 aromatic rings. The van der Waals surface area contributed by atoms with Gasteiger partial charge in [-0.2, -0.15) is 0 Å². The number of thiazole rings is 1. The lowest BCUT2D eigenvalue weighted by molar-refractivity contribution is -0.140. The van der Waals surface area contributed by atoms with Crippen molar-refractivity contribution in [3.63, 3.8) is 0 Å². The minimum atomic E-state index is -0.175. The van der Waals surface area contributed by atoms with Gasteiger partial charge in [-0.1, -0.05) is 0 Å². The summed E-state index contributed by atoms with van der Waals surface area (Å²) in [5, 5.41) is 6.54. The molecule has 5 heteroatoms. The predicted octanol–water partition coefficient (Wildman–Crippen LogP) is 1.75. The average molecular weight is 254 g/mol. The van der Waals surface area contributed by atoms with Crippen LogP contribution in [0.5, 0.6) is 0 Å². The van der Waals surface area contributed by atoms with Crippen molar-refractivity contribution in [2.75, 3.05) is 13.7 Å². The van der Waals surface area contributed by atoms with Crippen molar-refractivity contribution in [2.24, 2.45) is 5.92 Å². The van der Waals surface area contributed by atoms with Gasteiger partial charge in [0.1, 0.15) is 5.01 Å². The lowest BCUT2D eigenvalue weighted by Crippen LogP contribution is -2.15. The summed E-state index contributed by atoms with van der Waals surface area (Å²) in [5.74, 6) is 0.722. The fraction of sp³-hybridized carbons (Fsp3) is 0.667. The largest absolute Gasteiger partial charge is 0.469 e. The van der Waals surface area contributed by atoms with E-state index in [2.05, 4.69) is 15.0 Å². The molecule has 0 atom stereocenters. The summed E-state index contributed by atoms with van der Waals surface area (Å²) in [4.78, 5) is 15.5. The van der Waals surface area contributed by atoms with Crippen LogP contribution in [0, 0.1) is 5.92 Å². The molecule has 1 aliphatic carbocycles. The van der Waals surface area contributed by atoms with Gasteiger partial charge in [0.15, 0.2) is 0 Å². The Morgan fingerprint density at radius 2 is 2.47 bits per heavy atom. The Kier molecular flexibility index (Phi) is 4.50. The highest BCUT2D eigenvalue weighted by atomic mass is 32.1. The molecule has 4 nitrogen and oxygen atoms in total. The van der Waals surface area contributed by atoms with Gasteiger partial charge in [0.25, 0.3) is 0 Å². The van der Waals surface area contributed by atoms with Gasteiger partial charge in [0.05, 0.1) is 19.2 Å². The highest BCUT2D eigenvalue weighted by Gasteiger charge is 2.20. The number of nitrogens with zero attached hydrogens (tertiary/aromatic N) is 1. The van der Waals surface area contributed by atoms with Crippen LogP contribution < -0.4 is 5.32 Å². The SMILES string of the molecule is COC(=O)CCc1csc(CNCC2CC2)n1. The second-order valence-electron chi connectivity index (χ2n) is 4.38. The third-order valence-corrected chi connectivity index (χ3v) is 3.72. The molecule has 0 saturated heterocycles. The van der Waals surface area contributed by atoms with Crippen LogP contribution in [0.1, 0.15) is 30.0 Å². The van der Waals surface area contributed by atoms with E-state index in [-0.39, 0.29) is 5.97 Å². The standard InChI is InChI=1S/C12H18N2O2S/c1-16-12(15)5-4-10-8-17-11(14-10)7-13-6-9-2-3-9/h8-9,13H,2-7H2,1H3. The number of carbonyl (C=O) groups is 1. The Morgan fingerprint density at radius 1 is 1.65 bits per heavy atom. The van der Waals surface area contributed by atoms with E-state index in [0.29, 0.717) is 12.8 Å². The summed E-state index contributed by atoms with van der Waals surface area (Å²) in [6, 6.07) is 0. The number of esters is 1. The molecule has 0 spiro atoms. The number of rotatable bonds is 7. The monoisotopic (exact) mass is 254 g/mol. The van der Waals surface area contributed by atoms with E-state index in [1.54, 1.807) is 11.3 Å². The maximum absolute atomic E-state index is 11.0. The van der Waals surface area contributed by atoms with E-state index in [1.807, 2.05) is 5.38 Å². The van der Waals surface area contributed by atoms with Crippen LogP contribution in [0.2, 0.25) is 0 Å². The van der Waals surface area contributed by atoms with Crippen LogP contribution in [0.3, 0.4) is 0 Å². The van der Waals surface area contributed by atoms with Crippen LogP contribution in [-0.4, -0.2) is 24.6 Å². The molecule has 0 unspecified atom stereocenters. The summed E-state index contributed by atoms with van der Waals surface area (Å²) in [5.41, 5.74) is 0.989. The lowest BCUT2D eigenvalue weighted by Gasteiger charge is -1.99. The molecule has 0 aromatic carbocycles. The van der Waals surface area contributed by atoms with Crippen LogP contribution >= 0.6 is 11.3 Å². The molecule has 1 aromatic heterocycles. The van der Waals surface area contributed by atoms with Gasteiger partial charge in [-0.15, -0.1) is 11.3 Å². The van der Waals surface area contributed by atoms with Gasteiger partial charge in [-0.05, 0) is 25.3 Å². The first-order chi connectivity index (χ1) is 8.28. The molecule has 1 aliphatic rings. The Hall–Kier alpha value is -0.940. The molecular formula is C12H18N2O2S. The van der Waals surface area contributed by atoms with E-state index < -0.39 is 0 Å². The van der Waals surface area contributed by atoms with Gasteiger partial charge in [-0.25, -0.2) is 4.98 Å². The average Bonchev–Trinajstić information content (AvgIpc) is 3.05. The van der Waals surface area contributed by atoms with Gasteiger partial charge < -0.3 is 10.1 Å². The molecule has 1 saturated carbocycles. The van der Waals surface area contributed by atoms with Gasteiger partial charge in [0.2, 0.25) is 0 Å². The number of hydrogen-bond acceptors (Lipinski definition) is 5. The lowest BCUT2D eigenvalue weighted by atomic mass is 10.2. The number of aryl methyl sites for hydroxylation is 1. The maximum atomic E-state index is 11.0. The van der Waals surface area contributed by atoms with Gasteiger partial charge >= 0.3 is 5.97 Å². The number of aromatic nitrogens is 1. The molecule has 1 N–H and O–H groups in total. The molecule has 1 fully saturated rings. The Morgan fingerprint density at radius 3 is 3.18 bits per heavy atom. The molecule has 0 radical (unpaired) electrons. The molecular weight excluding hydrogens is 236 g/mol. The molecule has 17 heavy (non-hydrogen) atoms. The second kappa shape index (κ2) is 6.12. The highest BCUT2D eigenvalue weighted by Crippen LogP contribution is 2.27. The number of ether oxygens (including phenoxy) is 1. The normalized spacial score (nSPS) is 14.9. The number of carbonyl (C=O) groups excluding carboxylic acids is 1. The zero-order chi connectivity index (χ0) is 12.1. The summed E-state index contributed by atoms with van der Waals surface area (Å²) in [7, 11) is 1.41. The summed E-state index contributed by atoms with van der Waals surface area (Å²) in [6.45, 7) is 1.95. The Labute approximate surface area is 105 Å². The quantitative estimate of drug-likeness (QED) is 0.753. The summed E-state index contributed by atoms with van der Waals surface area (Å²) in [6.07, 6.45) is 3.82. The number of methoxy groups -OCH3 is 1. The fourth-order valence-electron chi connectivity index (χ4n) is 1.58. The maximum Gasteiger partial charge on any atom is 0.305 e. The van der Waals surface area contributed by atoms with Crippen LogP contribution in [0.25, 0.3) is 0 Å². The zero-order valence-electron chi connectivity index (χ0n) is 10.1. The van der Waals surface area contributed by atoms with E-state index in [9.17, 15) is 4.79 Å². The summed E-state index contributed by atoms with van der Waals surface area (Å²) >= 11 is 1.66. The molecule has 2 rings (SSSR count). The van der Waals surface area contributed by atoms with Gasteiger partial charge in [-0.3, -0.25) is 4.79 Å². The molecule has 1 heterocycles. The topological polar surface area (TPSA) is 51.2 Å². The first kappa shape index (κ1) is 12.5. The van der Waals surface area contributed by atoms with Crippen molar-refractivity contribution >= 4 is 17.3 Å². The van der Waals surface area contributed by atoms with Crippen LogP contribution in [-0.2, 0) is 22.5 Å². The van der Waals surface area contributed by atoms with E-state index in [0.717, 1.165) is 29.7 Å².